The van der Waals surface area contributed by atoms with Crippen LogP contribution in [0.3, 0.4) is 0 Å². The van der Waals surface area contributed by atoms with Gasteiger partial charge in [0.05, 0.1) is 29.1 Å². The van der Waals surface area contributed by atoms with Gasteiger partial charge in [0.2, 0.25) is 0 Å². The quantitative estimate of drug-likeness (QED) is 0.263. The van der Waals surface area contributed by atoms with Gasteiger partial charge in [0.25, 0.3) is 0 Å². The Balaban J connectivity index is 1.52. The zero-order chi connectivity index (χ0) is 41.2. The number of nitrogens with zero attached hydrogens (tertiary/aromatic N) is 2. The first-order valence-corrected chi connectivity index (χ1v) is 19.1. The van der Waals surface area contributed by atoms with Crippen LogP contribution in [-0.2, 0) is 57.1 Å². The topological polar surface area (TPSA) is 210 Å². The molecule has 0 N–H and O–H groups in total. The van der Waals surface area contributed by atoms with Crippen LogP contribution < -0.4 is 0 Å². The van der Waals surface area contributed by atoms with Crippen LogP contribution in [-0.4, -0.2) is 99.4 Å². The van der Waals surface area contributed by atoms with Crippen molar-refractivity contribution in [3.8, 4) is 0 Å². The second-order valence-electron chi connectivity index (χ2n) is 16.3. The van der Waals surface area contributed by atoms with E-state index in [-0.39, 0.29) is 30.4 Å². The first kappa shape index (κ1) is 40.0. The molecule has 0 aromatic carbocycles. The normalized spacial score (nSPS) is 38.4. The molecule has 3 heterocycles. The molecule has 0 amide bonds. The fraction of sp³-hybridized carbons (Fsp3) is 0.585. The molecule has 2 aromatic rings. The summed E-state index contributed by atoms with van der Waals surface area (Å²) >= 11 is 0. The van der Waals surface area contributed by atoms with Crippen LogP contribution in [0.5, 0.6) is 0 Å². The summed E-state index contributed by atoms with van der Waals surface area (Å²) in [5.74, 6) is -9.98. The first-order valence-electron chi connectivity index (χ1n) is 19.1. The molecule has 2 bridgehead atoms. The molecule has 1 aliphatic heterocycles. The maximum atomic E-state index is 15.7. The zero-order valence-corrected chi connectivity index (χ0v) is 32.8. The van der Waals surface area contributed by atoms with Crippen molar-refractivity contribution in [1.82, 2.24) is 9.97 Å². The van der Waals surface area contributed by atoms with Crippen LogP contribution in [0, 0.1) is 35.0 Å². The fourth-order valence-corrected chi connectivity index (χ4v) is 11.1. The summed E-state index contributed by atoms with van der Waals surface area (Å²) in [7, 11) is 0. The van der Waals surface area contributed by atoms with Crippen LogP contribution in [0.25, 0.3) is 0 Å². The number of fused-ring (bicyclic) bond motifs is 2. The number of hydrogen-bond donors (Lipinski definition) is 0. The van der Waals surface area contributed by atoms with Gasteiger partial charge in [-0.05, 0) is 56.9 Å². The van der Waals surface area contributed by atoms with Crippen LogP contribution in [0.1, 0.15) is 88.4 Å². The average Bonchev–Trinajstić information content (AvgIpc) is 3.59. The molecule has 16 nitrogen and oxygen atoms in total. The number of rotatable bonds is 9. The monoisotopic (exact) mass is 790 g/mol. The van der Waals surface area contributed by atoms with Crippen molar-refractivity contribution in [3.63, 3.8) is 0 Å². The molecule has 2 aromatic heterocycles. The molecule has 5 fully saturated rings. The SMILES string of the molecule is CCC(=O)O[C@@H]1[C@@H]2[C@@H](OC(C)=O)[C@@]34CO[C@@](C)([C@H](OC(=O)c5cccnc5)[C@@]2(OC(C)=O)C[C@@H]1C)[C@@H]3[C@@H]1[C@@H](C[C@]1(C)OC(C)=O)[C@@H](OC(=O)c1cccnc1)C4=O. The van der Waals surface area contributed by atoms with E-state index in [1.807, 2.05) is 0 Å². The van der Waals surface area contributed by atoms with Crippen LogP contribution >= 0.6 is 0 Å². The lowest BCUT2D eigenvalue weighted by Crippen LogP contribution is -2.75. The van der Waals surface area contributed by atoms with Crippen molar-refractivity contribution in [3.05, 3.63) is 60.2 Å². The first-order chi connectivity index (χ1) is 26.9. The van der Waals surface area contributed by atoms with Gasteiger partial charge in [-0.15, -0.1) is 0 Å². The maximum absolute atomic E-state index is 15.7. The minimum absolute atomic E-state index is 0.0431. The van der Waals surface area contributed by atoms with Crippen LogP contribution in [0.4, 0.5) is 0 Å². The number of hydrogen-bond acceptors (Lipinski definition) is 16. The van der Waals surface area contributed by atoms with Crippen molar-refractivity contribution >= 4 is 41.6 Å². The molecule has 16 heteroatoms. The van der Waals surface area contributed by atoms with Gasteiger partial charge in [0, 0.05) is 69.7 Å². The van der Waals surface area contributed by atoms with Crippen molar-refractivity contribution in [2.45, 2.75) is 109 Å². The van der Waals surface area contributed by atoms with Gasteiger partial charge in [-0.25, -0.2) is 9.59 Å². The van der Waals surface area contributed by atoms with E-state index in [0.29, 0.717) is 0 Å². The lowest BCUT2D eigenvalue weighted by atomic mass is 9.42. The third kappa shape index (κ3) is 6.18. The second kappa shape index (κ2) is 14.3. The lowest BCUT2D eigenvalue weighted by Gasteiger charge is -2.64. The Kier molecular flexibility index (Phi) is 10.0. The Morgan fingerprint density at radius 1 is 0.807 bits per heavy atom. The molecule has 5 aliphatic rings. The number of pyridine rings is 2. The smallest absolute Gasteiger partial charge is 0.340 e. The molecule has 13 atom stereocenters. The third-order valence-corrected chi connectivity index (χ3v) is 12.8. The number of ketones is 1. The standard InChI is InChI=1S/C41H46N2O14/c1-8-27(47)53-30-20(2)15-41(57-23(5)46)29(30)34(52-21(3)44)40-19-51-39(7,37(41)55-36(50)25-12-10-14-43-18-25)32(40)28-26(16-38(28,6)56-22(4)45)31(33(40)48)54-35(49)24-11-9-13-42-17-24/h9-14,17-18,20,26,28-32,34,37H,8,15-16,19H2,1-7H3/t20-,26+,28-,29+,30-,31+,32-,34+,37-,38-,39+,40-,41+/m0/s1. The van der Waals surface area contributed by atoms with Crippen LogP contribution in [0.15, 0.2) is 49.1 Å². The predicted molar refractivity (Wildman–Crippen MR) is 191 cm³/mol. The highest BCUT2D eigenvalue weighted by Gasteiger charge is 2.87. The molecule has 7 rings (SSSR count). The number of ether oxygens (including phenoxy) is 7. The largest absolute Gasteiger partial charge is 0.461 e. The van der Waals surface area contributed by atoms with E-state index in [1.165, 1.54) is 62.9 Å². The highest BCUT2D eigenvalue weighted by molar-refractivity contribution is 5.97. The minimum Gasteiger partial charge on any atom is -0.461 e. The molecular formula is C41H46N2O14. The zero-order valence-electron chi connectivity index (χ0n) is 32.8. The molecule has 0 radical (unpaired) electrons. The summed E-state index contributed by atoms with van der Waals surface area (Å²) in [5.41, 5.74) is -6.86. The minimum atomic E-state index is -1.96. The van der Waals surface area contributed by atoms with E-state index >= 15 is 4.79 Å². The summed E-state index contributed by atoms with van der Waals surface area (Å²) < 4.78 is 44.2. The molecule has 4 aliphatic carbocycles. The summed E-state index contributed by atoms with van der Waals surface area (Å²) in [6.07, 6.45) is -0.318. The number of aromatic nitrogens is 2. The Morgan fingerprint density at radius 3 is 1.96 bits per heavy atom. The van der Waals surface area contributed by atoms with Gasteiger partial charge in [-0.3, -0.25) is 33.9 Å². The number of carbonyl (C=O) groups excluding carboxylic acids is 7. The van der Waals surface area contributed by atoms with Crippen molar-refractivity contribution in [2.75, 3.05) is 6.61 Å². The van der Waals surface area contributed by atoms with Gasteiger partial charge >= 0.3 is 35.8 Å². The van der Waals surface area contributed by atoms with E-state index in [4.69, 9.17) is 33.2 Å². The van der Waals surface area contributed by atoms with Crippen molar-refractivity contribution < 1.29 is 66.7 Å². The number of Topliss-reactive ketones (excluding diaryl/α,β-unsaturated/α-hetero) is 1. The predicted octanol–water partition coefficient (Wildman–Crippen LogP) is 3.38. The van der Waals surface area contributed by atoms with E-state index < -0.39 is 124 Å². The van der Waals surface area contributed by atoms with Crippen LogP contribution in [0.2, 0.25) is 0 Å². The Hall–Kier alpha value is -5.25. The van der Waals surface area contributed by atoms with Gasteiger partial charge < -0.3 is 33.2 Å². The highest BCUT2D eigenvalue weighted by atomic mass is 16.6. The summed E-state index contributed by atoms with van der Waals surface area (Å²) in [4.78, 5) is 105. The highest BCUT2D eigenvalue weighted by Crippen LogP contribution is 2.73. The summed E-state index contributed by atoms with van der Waals surface area (Å²) in [6.45, 7) is 9.78. The molecule has 4 saturated carbocycles. The molecular weight excluding hydrogens is 744 g/mol. The lowest BCUT2D eigenvalue weighted by molar-refractivity contribution is -0.256. The van der Waals surface area contributed by atoms with E-state index in [0.717, 1.165) is 6.92 Å². The Bertz CT molecular complexity index is 1990. The summed E-state index contributed by atoms with van der Waals surface area (Å²) in [6, 6.07) is 6.05. The molecule has 0 unspecified atom stereocenters. The molecule has 1 saturated heterocycles. The molecule has 304 valence electrons. The van der Waals surface area contributed by atoms with Gasteiger partial charge in [0.1, 0.15) is 23.4 Å². The Labute approximate surface area is 328 Å². The maximum Gasteiger partial charge on any atom is 0.340 e. The number of carbonyl (C=O) groups is 7. The van der Waals surface area contributed by atoms with Gasteiger partial charge in [0.15, 0.2) is 23.6 Å². The second-order valence-corrected chi connectivity index (χ2v) is 16.3. The van der Waals surface area contributed by atoms with E-state index in [9.17, 15) is 28.8 Å². The third-order valence-electron chi connectivity index (χ3n) is 12.8. The number of esters is 6. The Morgan fingerprint density at radius 2 is 1.42 bits per heavy atom. The van der Waals surface area contributed by atoms with Crippen molar-refractivity contribution in [2.24, 2.45) is 35.0 Å². The average molecular weight is 791 g/mol. The van der Waals surface area contributed by atoms with E-state index in [1.54, 1.807) is 27.7 Å². The molecule has 57 heavy (non-hydrogen) atoms. The van der Waals surface area contributed by atoms with Gasteiger partial charge in [-0.2, -0.15) is 0 Å². The van der Waals surface area contributed by atoms with Crippen molar-refractivity contribution in [1.29, 1.82) is 0 Å². The fourth-order valence-electron chi connectivity index (χ4n) is 11.1. The van der Waals surface area contributed by atoms with E-state index in [2.05, 4.69) is 9.97 Å². The summed E-state index contributed by atoms with van der Waals surface area (Å²) in [5, 5.41) is 0. The van der Waals surface area contributed by atoms with Gasteiger partial charge in [-0.1, -0.05) is 13.8 Å². The molecule has 0 spiro atoms.